The first-order chi connectivity index (χ1) is 15.3. The molecule has 8 nitrogen and oxygen atoms in total. The molecule has 0 bridgehead atoms. The van der Waals surface area contributed by atoms with Crippen LogP contribution in [0.25, 0.3) is 0 Å². The molecule has 0 heterocycles. The molecule has 0 atom stereocenters. The van der Waals surface area contributed by atoms with Crippen LogP contribution in [-0.2, 0) is 19.6 Å². The number of ether oxygens (including phenoxy) is 2. The summed E-state index contributed by atoms with van der Waals surface area (Å²) in [7, 11) is -2.73. The van der Waals surface area contributed by atoms with Crippen molar-refractivity contribution >= 4 is 33.3 Å². The fraction of sp³-hybridized carbons (Fsp3) is 0.130. The Balaban J connectivity index is 1.73. The van der Waals surface area contributed by atoms with Gasteiger partial charge in [-0.1, -0.05) is 35.9 Å². The lowest BCUT2D eigenvalue weighted by molar-refractivity contribution is -0.119. The molecule has 2 N–H and O–H groups in total. The van der Waals surface area contributed by atoms with E-state index in [1.165, 1.54) is 19.2 Å². The number of carbonyl (C=O) groups excluding carboxylic acids is 2. The molecule has 0 aliphatic rings. The summed E-state index contributed by atoms with van der Waals surface area (Å²) >= 11 is 0. The van der Waals surface area contributed by atoms with E-state index in [1.54, 1.807) is 54.6 Å². The number of methoxy groups -OCH3 is 1. The zero-order chi connectivity index (χ0) is 23.1. The van der Waals surface area contributed by atoms with Gasteiger partial charge in [-0.25, -0.2) is 13.2 Å². The first-order valence-electron chi connectivity index (χ1n) is 9.58. The molecule has 1 amide bonds. The molecule has 0 aromatic heterocycles. The van der Waals surface area contributed by atoms with Crippen LogP contribution in [-0.4, -0.2) is 34.0 Å². The molecule has 9 heteroatoms. The zero-order valence-corrected chi connectivity index (χ0v) is 18.3. The van der Waals surface area contributed by atoms with Gasteiger partial charge in [-0.3, -0.25) is 9.52 Å². The van der Waals surface area contributed by atoms with Crippen LogP contribution < -0.4 is 14.8 Å². The minimum Gasteiger partial charge on any atom is -0.495 e. The SMILES string of the molecule is COc1ccc(C(=O)OCC(=O)Nc2ccccc2)cc1S(=O)(=O)Nc1ccc(C)cc1. The Morgan fingerprint density at radius 2 is 1.59 bits per heavy atom. The highest BCUT2D eigenvalue weighted by Crippen LogP contribution is 2.27. The van der Waals surface area contributed by atoms with E-state index in [-0.39, 0.29) is 16.2 Å². The summed E-state index contributed by atoms with van der Waals surface area (Å²) in [6, 6.07) is 19.4. The predicted molar refractivity (Wildman–Crippen MR) is 120 cm³/mol. The topological polar surface area (TPSA) is 111 Å². The van der Waals surface area contributed by atoms with Gasteiger partial charge in [0, 0.05) is 11.4 Å². The van der Waals surface area contributed by atoms with E-state index in [1.807, 2.05) is 6.92 Å². The average molecular weight is 455 g/mol. The standard InChI is InChI=1S/C23H22N2O6S/c1-16-8-11-19(12-9-16)25-32(28,29)21-14-17(10-13-20(21)30-2)23(27)31-15-22(26)24-18-6-4-3-5-7-18/h3-14,25H,15H2,1-2H3,(H,24,26). The van der Waals surface area contributed by atoms with E-state index in [0.717, 1.165) is 11.6 Å². The van der Waals surface area contributed by atoms with Gasteiger partial charge in [0.2, 0.25) is 0 Å². The maximum absolute atomic E-state index is 12.9. The number of hydrogen-bond acceptors (Lipinski definition) is 6. The van der Waals surface area contributed by atoms with E-state index < -0.39 is 28.5 Å². The van der Waals surface area contributed by atoms with Crippen molar-refractivity contribution in [1.29, 1.82) is 0 Å². The van der Waals surface area contributed by atoms with Crippen LogP contribution in [0.5, 0.6) is 5.75 Å². The number of para-hydroxylation sites is 1. The fourth-order valence-corrected chi connectivity index (χ4v) is 4.03. The molecule has 0 saturated carbocycles. The Hall–Kier alpha value is -3.85. The van der Waals surface area contributed by atoms with Gasteiger partial charge in [0.25, 0.3) is 15.9 Å². The molecule has 0 fully saturated rings. The molecule has 0 aliphatic carbocycles. The molecule has 32 heavy (non-hydrogen) atoms. The van der Waals surface area contributed by atoms with Crippen LogP contribution in [0.4, 0.5) is 11.4 Å². The molecule has 3 aromatic rings. The Morgan fingerprint density at radius 3 is 2.25 bits per heavy atom. The maximum Gasteiger partial charge on any atom is 0.338 e. The zero-order valence-electron chi connectivity index (χ0n) is 17.5. The monoisotopic (exact) mass is 454 g/mol. The van der Waals surface area contributed by atoms with Gasteiger partial charge in [0.05, 0.1) is 12.7 Å². The molecular formula is C23H22N2O6S. The number of carbonyl (C=O) groups is 2. The van der Waals surface area contributed by atoms with Crippen molar-refractivity contribution < 1.29 is 27.5 Å². The highest BCUT2D eigenvalue weighted by atomic mass is 32.2. The Kier molecular flexibility index (Phi) is 7.11. The van der Waals surface area contributed by atoms with Crippen LogP contribution in [0.3, 0.4) is 0 Å². The van der Waals surface area contributed by atoms with Crippen LogP contribution in [0.1, 0.15) is 15.9 Å². The maximum atomic E-state index is 12.9. The predicted octanol–water partition coefficient (Wildman–Crippen LogP) is 3.60. The van der Waals surface area contributed by atoms with Crippen molar-refractivity contribution in [2.24, 2.45) is 0 Å². The quantitative estimate of drug-likeness (QED) is 0.503. The molecule has 0 radical (unpaired) electrons. The smallest absolute Gasteiger partial charge is 0.338 e. The molecule has 0 aliphatic heterocycles. The van der Waals surface area contributed by atoms with Gasteiger partial charge in [0.1, 0.15) is 10.6 Å². The van der Waals surface area contributed by atoms with Crippen LogP contribution in [0.2, 0.25) is 0 Å². The number of nitrogens with one attached hydrogen (secondary N) is 2. The lowest BCUT2D eigenvalue weighted by Crippen LogP contribution is -2.21. The number of anilines is 2. The third-order valence-corrected chi connectivity index (χ3v) is 5.79. The Labute approximate surface area is 186 Å². The molecule has 0 spiro atoms. The minimum atomic E-state index is -4.06. The van der Waals surface area contributed by atoms with Gasteiger partial charge in [-0.05, 0) is 49.4 Å². The second-order valence-electron chi connectivity index (χ2n) is 6.83. The first-order valence-corrected chi connectivity index (χ1v) is 11.1. The molecule has 0 saturated heterocycles. The van der Waals surface area contributed by atoms with Crippen molar-refractivity contribution in [3.05, 3.63) is 83.9 Å². The number of esters is 1. The number of amides is 1. The normalized spacial score (nSPS) is 10.8. The van der Waals surface area contributed by atoms with E-state index in [2.05, 4.69) is 10.0 Å². The van der Waals surface area contributed by atoms with Gasteiger partial charge in [0.15, 0.2) is 6.61 Å². The Morgan fingerprint density at radius 1 is 0.906 bits per heavy atom. The number of aryl methyl sites for hydroxylation is 1. The third kappa shape index (κ3) is 5.86. The molecule has 166 valence electrons. The summed E-state index contributed by atoms with van der Waals surface area (Å²) < 4.78 is 38.4. The van der Waals surface area contributed by atoms with Crippen LogP contribution >= 0.6 is 0 Å². The van der Waals surface area contributed by atoms with Crippen molar-refractivity contribution in [2.75, 3.05) is 23.8 Å². The van der Waals surface area contributed by atoms with E-state index in [9.17, 15) is 18.0 Å². The molecule has 3 rings (SSSR count). The highest BCUT2D eigenvalue weighted by Gasteiger charge is 2.23. The van der Waals surface area contributed by atoms with Crippen molar-refractivity contribution in [3.8, 4) is 5.75 Å². The van der Waals surface area contributed by atoms with Gasteiger partial charge in [-0.2, -0.15) is 0 Å². The summed E-state index contributed by atoms with van der Waals surface area (Å²) in [5, 5.41) is 2.59. The Bertz CT molecular complexity index is 1210. The summed E-state index contributed by atoms with van der Waals surface area (Å²) in [6.07, 6.45) is 0. The van der Waals surface area contributed by atoms with E-state index in [4.69, 9.17) is 9.47 Å². The van der Waals surface area contributed by atoms with E-state index >= 15 is 0 Å². The summed E-state index contributed by atoms with van der Waals surface area (Å²) in [4.78, 5) is 24.2. The van der Waals surface area contributed by atoms with Gasteiger partial charge < -0.3 is 14.8 Å². The summed E-state index contributed by atoms with van der Waals surface area (Å²) in [5.41, 5.74) is 1.87. The van der Waals surface area contributed by atoms with Crippen LogP contribution in [0, 0.1) is 6.92 Å². The van der Waals surface area contributed by atoms with Crippen molar-refractivity contribution in [1.82, 2.24) is 0 Å². The molecule has 3 aromatic carbocycles. The average Bonchev–Trinajstić information content (AvgIpc) is 2.79. The number of rotatable bonds is 8. The second-order valence-corrected chi connectivity index (χ2v) is 8.48. The minimum absolute atomic E-state index is 0.0393. The van der Waals surface area contributed by atoms with Crippen molar-refractivity contribution in [3.63, 3.8) is 0 Å². The lowest BCUT2D eigenvalue weighted by Gasteiger charge is -2.13. The first kappa shape index (κ1) is 22.8. The van der Waals surface area contributed by atoms with Gasteiger partial charge in [-0.15, -0.1) is 0 Å². The van der Waals surface area contributed by atoms with Crippen molar-refractivity contribution in [2.45, 2.75) is 11.8 Å². The highest BCUT2D eigenvalue weighted by molar-refractivity contribution is 7.92. The lowest BCUT2D eigenvalue weighted by atomic mass is 10.2. The third-order valence-electron chi connectivity index (χ3n) is 4.38. The largest absolute Gasteiger partial charge is 0.495 e. The van der Waals surface area contributed by atoms with Gasteiger partial charge >= 0.3 is 5.97 Å². The number of sulfonamides is 1. The van der Waals surface area contributed by atoms with Crippen LogP contribution in [0.15, 0.2) is 77.7 Å². The number of benzene rings is 3. The molecule has 0 unspecified atom stereocenters. The summed E-state index contributed by atoms with van der Waals surface area (Å²) in [5.74, 6) is -1.31. The second kappa shape index (κ2) is 9.97. The summed E-state index contributed by atoms with van der Waals surface area (Å²) in [6.45, 7) is 1.36. The fourth-order valence-electron chi connectivity index (χ4n) is 2.78. The van der Waals surface area contributed by atoms with E-state index in [0.29, 0.717) is 11.4 Å². The molecular weight excluding hydrogens is 432 g/mol. The number of hydrogen-bond donors (Lipinski definition) is 2.